The maximum Gasteiger partial charge on any atom is 0.270 e. The third kappa shape index (κ3) is 2.56. The summed E-state index contributed by atoms with van der Waals surface area (Å²) in [5.41, 5.74) is 1.55. The molecule has 3 aromatic rings. The molecule has 1 N–H and O–H groups in total. The number of fused-ring (bicyclic) bond motifs is 1. The van der Waals surface area contributed by atoms with Gasteiger partial charge in [-0.15, -0.1) is 0 Å². The summed E-state index contributed by atoms with van der Waals surface area (Å²) in [6.07, 6.45) is 5.55. The number of carbonyl (C=O) groups excluding carboxylic acids is 1. The third-order valence-corrected chi connectivity index (χ3v) is 4.33. The van der Waals surface area contributed by atoms with Crippen LogP contribution in [-0.4, -0.2) is 45.5 Å². The van der Waals surface area contributed by atoms with Crippen LogP contribution in [-0.2, 0) is 6.54 Å². The number of carbonyl (C=O) groups is 1. The first-order valence-corrected chi connectivity index (χ1v) is 7.65. The van der Waals surface area contributed by atoms with Crippen LogP contribution in [0.3, 0.4) is 0 Å². The zero-order valence-electron chi connectivity index (χ0n) is 12.9. The number of imidazole rings is 1. The first kappa shape index (κ1) is 13.9. The molecule has 1 aliphatic rings. The van der Waals surface area contributed by atoms with Crippen LogP contribution in [0.25, 0.3) is 10.9 Å². The molecule has 0 spiro atoms. The van der Waals surface area contributed by atoms with E-state index in [1.165, 1.54) is 0 Å². The Morgan fingerprint density at radius 1 is 1.39 bits per heavy atom. The Hall–Kier alpha value is -2.76. The van der Waals surface area contributed by atoms with Gasteiger partial charge in [0.1, 0.15) is 11.4 Å². The Morgan fingerprint density at radius 3 is 3.00 bits per heavy atom. The molecule has 2 aromatic heterocycles. The molecule has 0 bridgehead atoms. The molecule has 1 saturated heterocycles. The Morgan fingerprint density at radius 2 is 2.26 bits per heavy atom. The number of aromatic amines is 1. The molecule has 118 valence electrons. The minimum Gasteiger partial charge on any atom is -0.497 e. The lowest BCUT2D eigenvalue weighted by atomic mass is 9.99. The molecule has 1 aliphatic heterocycles. The topological polar surface area (TPSA) is 63.1 Å². The van der Waals surface area contributed by atoms with Crippen molar-refractivity contribution in [3.05, 3.63) is 48.7 Å². The molecule has 1 fully saturated rings. The number of nitrogens with one attached hydrogen (secondary N) is 1. The van der Waals surface area contributed by atoms with Gasteiger partial charge < -0.3 is 19.2 Å². The Balaban J connectivity index is 1.43. The summed E-state index contributed by atoms with van der Waals surface area (Å²) >= 11 is 0. The highest BCUT2D eigenvalue weighted by Crippen LogP contribution is 2.24. The largest absolute Gasteiger partial charge is 0.497 e. The second-order valence-corrected chi connectivity index (χ2v) is 5.97. The third-order valence-electron chi connectivity index (χ3n) is 4.33. The standard InChI is InChI=1S/C17H18N4O2/c1-23-14-3-2-13-6-16(19-15(13)7-14)17(22)21-9-12(10-21)8-20-5-4-18-11-20/h2-7,11-12,19H,8-10H2,1H3. The van der Waals surface area contributed by atoms with E-state index in [4.69, 9.17) is 4.74 Å². The van der Waals surface area contributed by atoms with Gasteiger partial charge in [0.25, 0.3) is 5.91 Å². The van der Waals surface area contributed by atoms with Crippen molar-refractivity contribution < 1.29 is 9.53 Å². The summed E-state index contributed by atoms with van der Waals surface area (Å²) < 4.78 is 7.27. The molecule has 0 radical (unpaired) electrons. The fraction of sp³-hybridized carbons (Fsp3) is 0.294. The van der Waals surface area contributed by atoms with Gasteiger partial charge in [-0.2, -0.15) is 0 Å². The molecular weight excluding hydrogens is 292 g/mol. The monoisotopic (exact) mass is 310 g/mol. The zero-order valence-corrected chi connectivity index (χ0v) is 12.9. The number of ether oxygens (including phenoxy) is 1. The fourth-order valence-corrected chi connectivity index (χ4v) is 3.06. The van der Waals surface area contributed by atoms with Gasteiger partial charge in [0.05, 0.1) is 13.4 Å². The van der Waals surface area contributed by atoms with Gasteiger partial charge in [0.15, 0.2) is 0 Å². The van der Waals surface area contributed by atoms with Crippen LogP contribution < -0.4 is 4.74 Å². The van der Waals surface area contributed by atoms with Gasteiger partial charge in [0, 0.05) is 54.9 Å². The molecule has 0 unspecified atom stereocenters. The van der Waals surface area contributed by atoms with Crippen LogP contribution in [0.2, 0.25) is 0 Å². The second kappa shape index (κ2) is 5.46. The highest BCUT2D eigenvalue weighted by molar-refractivity contribution is 5.98. The maximum absolute atomic E-state index is 12.5. The molecule has 0 aliphatic carbocycles. The summed E-state index contributed by atoms with van der Waals surface area (Å²) in [6.45, 7) is 2.49. The van der Waals surface area contributed by atoms with Crippen molar-refractivity contribution in [2.75, 3.05) is 20.2 Å². The van der Waals surface area contributed by atoms with Crippen molar-refractivity contribution in [2.24, 2.45) is 5.92 Å². The Kier molecular flexibility index (Phi) is 3.29. The minimum absolute atomic E-state index is 0.0575. The molecule has 3 heterocycles. The first-order valence-electron chi connectivity index (χ1n) is 7.65. The van der Waals surface area contributed by atoms with Crippen molar-refractivity contribution >= 4 is 16.8 Å². The van der Waals surface area contributed by atoms with Gasteiger partial charge in [-0.05, 0) is 18.2 Å². The lowest BCUT2D eigenvalue weighted by Crippen LogP contribution is -2.51. The van der Waals surface area contributed by atoms with Gasteiger partial charge >= 0.3 is 0 Å². The summed E-state index contributed by atoms with van der Waals surface area (Å²) in [5, 5.41) is 1.02. The first-order chi connectivity index (χ1) is 11.2. The van der Waals surface area contributed by atoms with Gasteiger partial charge in [-0.3, -0.25) is 4.79 Å². The number of rotatable bonds is 4. The number of amides is 1. The number of nitrogens with zero attached hydrogens (tertiary/aromatic N) is 3. The summed E-state index contributed by atoms with van der Waals surface area (Å²) in [5.74, 6) is 1.34. The van der Waals surface area contributed by atoms with E-state index in [9.17, 15) is 4.79 Å². The smallest absolute Gasteiger partial charge is 0.270 e. The van der Waals surface area contributed by atoms with E-state index in [0.717, 1.165) is 36.3 Å². The van der Waals surface area contributed by atoms with Crippen LogP contribution in [0.5, 0.6) is 5.75 Å². The number of hydrogen-bond acceptors (Lipinski definition) is 3. The highest BCUT2D eigenvalue weighted by Gasteiger charge is 2.31. The summed E-state index contributed by atoms with van der Waals surface area (Å²) in [4.78, 5) is 21.7. The molecule has 6 nitrogen and oxygen atoms in total. The number of hydrogen-bond donors (Lipinski definition) is 1. The molecule has 0 saturated carbocycles. The molecule has 23 heavy (non-hydrogen) atoms. The van der Waals surface area contributed by atoms with E-state index in [1.807, 2.05) is 41.7 Å². The van der Waals surface area contributed by atoms with E-state index >= 15 is 0 Å². The van der Waals surface area contributed by atoms with Crippen LogP contribution in [0.15, 0.2) is 43.0 Å². The molecule has 4 rings (SSSR count). The molecular formula is C17H18N4O2. The number of aromatic nitrogens is 3. The number of H-pyrrole nitrogens is 1. The van der Waals surface area contributed by atoms with Gasteiger partial charge in [-0.25, -0.2) is 4.98 Å². The van der Waals surface area contributed by atoms with E-state index < -0.39 is 0 Å². The Labute approximate surface area is 133 Å². The van der Waals surface area contributed by atoms with Gasteiger partial charge in [-0.1, -0.05) is 0 Å². The van der Waals surface area contributed by atoms with Crippen molar-refractivity contribution in [3.63, 3.8) is 0 Å². The minimum atomic E-state index is 0.0575. The predicted molar refractivity (Wildman–Crippen MR) is 86.5 cm³/mol. The quantitative estimate of drug-likeness (QED) is 0.803. The normalized spacial score (nSPS) is 14.9. The predicted octanol–water partition coefficient (Wildman–Crippen LogP) is 2.15. The lowest BCUT2D eigenvalue weighted by Gasteiger charge is -2.39. The molecule has 6 heteroatoms. The second-order valence-electron chi connectivity index (χ2n) is 5.97. The van der Waals surface area contributed by atoms with Crippen molar-refractivity contribution in [1.29, 1.82) is 0 Å². The van der Waals surface area contributed by atoms with Crippen molar-refractivity contribution in [1.82, 2.24) is 19.4 Å². The molecule has 0 atom stereocenters. The summed E-state index contributed by atoms with van der Waals surface area (Å²) in [6, 6.07) is 7.67. The van der Waals surface area contributed by atoms with Crippen molar-refractivity contribution in [3.8, 4) is 5.75 Å². The van der Waals surface area contributed by atoms with E-state index in [2.05, 4.69) is 14.5 Å². The van der Waals surface area contributed by atoms with E-state index in [-0.39, 0.29) is 5.91 Å². The van der Waals surface area contributed by atoms with Crippen LogP contribution in [0, 0.1) is 5.92 Å². The fourth-order valence-electron chi connectivity index (χ4n) is 3.06. The zero-order chi connectivity index (χ0) is 15.8. The summed E-state index contributed by atoms with van der Waals surface area (Å²) in [7, 11) is 1.64. The number of likely N-dealkylation sites (tertiary alicyclic amines) is 1. The van der Waals surface area contributed by atoms with E-state index in [1.54, 1.807) is 13.3 Å². The molecule has 1 amide bonds. The SMILES string of the molecule is COc1ccc2cc(C(=O)N3CC(Cn4ccnc4)C3)[nH]c2c1. The van der Waals surface area contributed by atoms with E-state index in [0.29, 0.717) is 11.6 Å². The number of benzene rings is 1. The maximum atomic E-state index is 12.5. The van der Waals surface area contributed by atoms with Crippen LogP contribution >= 0.6 is 0 Å². The van der Waals surface area contributed by atoms with Gasteiger partial charge in [0.2, 0.25) is 0 Å². The highest BCUT2D eigenvalue weighted by atomic mass is 16.5. The average Bonchev–Trinajstić information content (AvgIpc) is 3.18. The number of methoxy groups -OCH3 is 1. The average molecular weight is 310 g/mol. The van der Waals surface area contributed by atoms with Crippen LogP contribution in [0.4, 0.5) is 0 Å². The van der Waals surface area contributed by atoms with Crippen LogP contribution in [0.1, 0.15) is 10.5 Å². The Bertz CT molecular complexity index is 832. The lowest BCUT2D eigenvalue weighted by molar-refractivity contribution is 0.0463. The van der Waals surface area contributed by atoms with Crippen molar-refractivity contribution in [2.45, 2.75) is 6.54 Å². The molecule has 1 aromatic carbocycles.